The predicted octanol–water partition coefficient (Wildman–Crippen LogP) is 0.546. The Morgan fingerprint density at radius 2 is 2.45 bits per heavy atom. The molecule has 5 heteroatoms. The van der Waals surface area contributed by atoms with Gasteiger partial charge in [-0.05, 0) is 6.92 Å². The van der Waals surface area contributed by atoms with Gasteiger partial charge in [-0.25, -0.2) is 0 Å². The maximum atomic E-state index is 10.8. The summed E-state index contributed by atoms with van der Waals surface area (Å²) in [5, 5.41) is 3.48. The van der Waals surface area contributed by atoms with Crippen molar-refractivity contribution in [3.63, 3.8) is 0 Å². The van der Waals surface area contributed by atoms with Crippen LogP contribution in [0.4, 0.5) is 0 Å². The Kier molecular flexibility index (Phi) is 3.78. The van der Waals surface area contributed by atoms with Crippen molar-refractivity contribution in [1.29, 1.82) is 0 Å². The van der Waals surface area contributed by atoms with Crippen LogP contribution in [-0.4, -0.2) is 17.5 Å². The van der Waals surface area contributed by atoms with Crippen LogP contribution in [0.1, 0.15) is 16.1 Å². The zero-order chi connectivity index (χ0) is 7.56. The summed E-state index contributed by atoms with van der Waals surface area (Å²) in [6.07, 6.45) is 1.42. The lowest BCUT2D eigenvalue weighted by Gasteiger charge is -1.88. The summed E-state index contributed by atoms with van der Waals surface area (Å²) in [5.74, 6) is -0.189. The van der Waals surface area contributed by atoms with Gasteiger partial charge in [0.25, 0.3) is 0 Å². The van der Waals surface area contributed by atoms with Crippen LogP contribution >= 0.6 is 12.4 Å². The minimum absolute atomic E-state index is 0. The summed E-state index contributed by atoms with van der Waals surface area (Å²) in [6.45, 7) is 1.73. The Morgan fingerprint density at radius 1 is 1.82 bits per heavy atom. The zero-order valence-electron chi connectivity index (χ0n) is 6.03. The van der Waals surface area contributed by atoms with Gasteiger partial charge in [0.05, 0.1) is 6.54 Å². The molecule has 2 N–H and O–H groups in total. The van der Waals surface area contributed by atoms with Gasteiger partial charge in [0.1, 0.15) is 6.26 Å². The summed E-state index contributed by atoms with van der Waals surface area (Å²) in [5.41, 5.74) is 6.17. The third-order valence-electron chi connectivity index (χ3n) is 1.20. The van der Waals surface area contributed by atoms with Gasteiger partial charge < -0.3 is 10.3 Å². The van der Waals surface area contributed by atoms with Gasteiger partial charge in [-0.15, -0.1) is 12.4 Å². The number of nitrogens with two attached hydrogens (primary N) is 1. The Morgan fingerprint density at radius 3 is 2.82 bits per heavy atom. The number of Topliss-reactive ketones (excluding diaryl/α,β-unsaturated/α-hetero) is 1. The highest BCUT2D eigenvalue weighted by Crippen LogP contribution is 2.03. The molecule has 0 saturated heterocycles. The fraction of sp³-hybridized carbons (Fsp3) is 0.333. The summed E-state index contributed by atoms with van der Waals surface area (Å²) in [4.78, 5) is 10.8. The summed E-state index contributed by atoms with van der Waals surface area (Å²) < 4.78 is 4.54. The molecule has 4 nitrogen and oxygen atoms in total. The van der Waals surface area contributed by atoms with E-state index in [9.17, 15) is 4.79 Å². The van der Waals surface area contributed by atoms with Crippen molar-refractivity contribution in [3.8, 4) is 0 Å². The molecule has 0 radical (unpaired) electrons. The van der Waals surface area contributed by atoms with Gasteiger partial charge in [0, 0.05) is 5.56 Å². The van der Waals surface area contributed by atoms with E-state index in [0.29, 0.717) is 5.69 Å². The number of nitrogens with zero attached hydrogens (tertiary/aromatic N) is 1. The first kappa shape index (κ1) is 10.1. The lowest BCUT2D eigenvalue weighted by Crippen LogP contribution is -2.14. The van der Waals surface area contributed by atoms with Crippen molar-refractivity contribution in [2.24, 2.45) is 5.73 Å². The molecule has 1 rings (SSSR count). The molecule has 0 bridgehead atoms. The standard InChI is InChI=1S/C6H8N2O2.ClH/c1-4-3-10-8-6(4)5(9)2-7;/h3H,2,7H2,1H3;1H. The van der Waals surface area contributed by atoms with E-state index < -0.39 is 0 Å². The molecule has 1 aromatic heterocycles. The second-order valence-corrected chi connectivity index (χ2v) is 1.97. The second-order valence-electron chi connectivity index (χ2n) is 1.97. The molecule has 62 valence electrons. The first-order chi connectivity index (χ1) is 4.75. The minimum Gasteiger partial charge on any atom is -0.364 e. The van der Waals surface area contributed by atoms with E-state index in [1.54, 1.807) is 6.92 Å². The molecule has 0 aliphatic rings. The Bertz CT molecular complexity index is 246. The molecular weight excluding hydrogens is 168 g/mol. The van der Waals surface area contributed by atoms with Crippen LogP contribution in [0.2, 0.25) is 0 Å². The molecule has 11 heavy (non-hydrogen) atoms. The summed E-state index contributed by atoms with van der Waals surface area (Å²) in [7, 11) is 0. The van der Waals surface area contributed by atoms with Crippen LogP contribution in [0.5, 0.6) is 0 Å². The first-order valence-corrected chi connectivity index (χ1v) is 2.90. The third-order valence-corrected chi connectivity index (χ3v) is 1.20. The molecule has 0 unspecified atom stereocenters. The molecule has 0 spiro atoms. The molecule has 1 aromatic rings. The van der Waals surface area contributed by atoms with Crippen LogP contribution in [0, 0.1) is 6.92 Å². The van der Waals surface area contributed by atoms with E-state index in [0.717, 1.165) is 5.56 Å². The van der Waals surface area contributed by atoms with E-state index in [4.69, 9.17) is 5.73 Å². The minimum atomic E-state index is -0.189. The van der Waals surface area contributed by atoms with Crippen molar-refractivity contribution >= 4 is 18.2 Å². The maximum Gasteiger partial charge on any atom is 0.198 e. The van der Waals surface area contributed by atoms with Crippen molar-refractivity contribution in [2.45, 2.75) is 6.92 Å². The fourth-order valence-electron chi connectivity index (χ4n) is 0.653. The lowest BCUT2D eigenvalue weighted by molar-refractivity contribution is 0.0992. The molecule has 0 fully saturated rings. The quantitative estimate of drug-likeness (QED) is 0.668. The van der Waals surface area contributed by atoms with Crippen molar-refractivity contribution < 1.29 is 9.32 Å². The first-order valence-electron chi connectivity index (χ1n) is 2.90. The van der Waals surface area contributed by atoms with Crippen molar-refractivity contribution in [1.82, 2.24) is 5.16 Å². The normalized spacial score (nSPS) is 8.91. The van der Waals surface area contributed by atoms with Crippen LogP contribution in [-0.2, 0) is 0 Å². The monoisotopic (exact) mass is 176 g/mol. The molecule has 0 amide bonds. The Hall–Kier alpha value is -0.870. The number of rotatable bonds is 2. The van der Waals surface area contributed by atoms with Crippen LogP contribution < -0.4 is 5.73 Å². The molecule has 0 atom stereocenters. The van der Waals surface area contributed by atoms with Gasteiger partial charge in [-0.1, -0.05) is 5.16 Å². The Balaban J connectivity index is 0.000001000. The van der Waals surface area contributed by atoms with E-state index in [-0.39, 0.29) is 24.7 Å². The van der Waals surface area contributed by atoms with Gasteiger partial charge in [0.2, 0.25) is 0 Å². The number of aryl methyl sites for hydroxylation is 1. The van der Waals surface area contributed by atoms with Crippen molar-refractivity contribution in [3.05, 3.63) is 17.5 Å². The second kappa shape index (κ2) is 4.10. The molecule has 1 heterocycles. The van der Waals surface area contributed by atoms with E-state index in [1.807, 2.05) is 0 Å². The van der Waals surface area contributed by atoms with Gasteiger partial charge in [-0.2, -0.15) is 0 Å². The molecule has 0 aliphatic heterocycles. The van der Waals surface area contributed by atoms with E-state index >= 15 is 0 Å². The van der Waals surface area contributed by atoms with Gasteiger partial charge in [-0.3, -0.25) is 4.79 Å². The maximum absolute atomic E-state index is 10.8. The average molecular weight is 177 g/mol. The highest BCUT2D eigenvalue weighted by atomic mass is 35.5. The van der Waals surface area contributed by atoms with Crippen LogP contribution in [0.15, 0.2) is 10.8 Å². The highest BCUT2D eigenvalue weighted by molar-refractivity contribution is 5.96. The number of carbonyl (C=O) groups excluding carboxylic acids is 1. The molecule has 0 saturated carbocycles. The SMILES string of the molecule is Cc1conc1C(=O)CN.Cl. The molecular formula is C6H9ClN2O2. The number of carbonyl (C=O) groups is 1. The smallest absolute Gasteiger partial charge is 0.198 e. The number of hydrogen-bond acceptors (Lipinski definition) is 4. The zero-order valence-corrected chi connectivity index (χ0v) is 6.85. The summed E-state index contributed by atoms with van der Waals surface area (Å²) in [6, 6.07) is 0. The summed E-state index contributed by atoms with van der Waals surface area (Å²) >= 11 is 0. The highest BCUT2D eigenvalue weighted by Gasteiger charge is 2.10. The third kappa shape index (κ3) is 2.03. The van der Waals surface area contributed by atoms with Crippen LogP contribution in [0.25, 0.3) is 0 Å². The fourth-order valence-corrected chi connectivity index (χ4v) is 0.653. The lowest BCUT2D eigenvalue weighted by atomic mass is 10.2. The molecule has 0 aromatic carbocycles. The van der Waals surface area contributed by atoms with E-state index in [2.05, 4.69) is 9.68 Å². The van der Waals surface area contributed by atoms with Gasteiger partial charge in [0.15, 0.2) is 11.5 Å². The topological polar surface area (TPSA) is 69.1 Å². The Labute approximate surface area is 70.1 Å². The largest absolute Gasteiger partial charge is 0.364 e. The molecule has 0 aliphatic carbocycles. The average Bonchev–Trinajstić information content (AvgIpc) is 2.34. The number of ketones is 1. The number of aromatic nitrogens is 1. The number of halogens is 1. The van der Waals surface area contributed by atoms with E-state index in [1.165, 1.54) is 6.26 Å². The van der Waals surface area contributed by atoms with Gasteiger partial charge >= 0.3 is 0 Å². The predicted molar refractivity (Wildman–Crippen MR) is 41.9 cm³/mol. The number of hydrogen-bond donors (Lipinski definition) is 1. The van der Waals surface area contributed by atoms with Crippen LogP contribution in [0.3, 0.4) is 0 Å². The van der Waals surface area contributed by atoms with Crippen molar-refractivity contribution in [2.75, 3.05) is 6.54 Å².